The number of methoxy groups -OCH3 is 2. The summed E-state index contributed by atoms with van der Waals surface area (Å²) in [4.78, 5) is 54.7. The summed E-state index contributed by atoms with van der Waals surface area (Å²) in [6, 6.07) is 53.3. The number of nitrogens with two attached hydrogens (primary N) is 4. The Morgan fingerprint density at radius 1 is 0.368 bits per heavy atom. The normalized spacial score (nSPS) is 10.8. The van der Waals surface area contributed by atoms with E-state index in [4.69, 9.17) is 54.8 Å². The minimum Gasteiger partial charge on any atom is -0.497 e. The molecule has 0 aliphatic heterocycles. The van der Waals surface area contributed by atoms with Gasteiger partial charge in [0, 0.05) is 22.7 Å². The molecule has 37 heteroatoms. The fourth-order valence-corrected chi connectivity index (χ4v) is 11.9. The molecule has 0 aliphatic carbocycles. The first-order valence-electron chi connectivity index (χ1n) is 34.7. The first kappa shape index (κ1) is 78.4. The monoisotopic (exact) mass is 1580 g/mol. The number of fused-ring (bicyclic) bond motifs is 4. The van der Waals surface area contributed by atoms with Crippen molar-refractivity contribution in [2.45, 2.75) is 41.2 Å². The van der Waals surface area contributed by atoms with Crippen LogP contribution in [0.5, 0.6) is 17.2 Å². The lowest BCUT2D eigenvalue weighted by Gasteiger charge is -2.12. The molecule has 8 heterocycles. The molecule has 16 aromatic rings. The maximum atomic E-state index is 14.6. The summed E-state index contributed by atoms with van der Waals surface area (Å²) in [5.41, 5.74) is 33.5. The average molecular weight is 1580 g/mol. The van der Waals surface area contributed by atoms with E-state index >= 15 is 0 Å². The maximum Gasteiger partial charge on any atom is 0.387 e. The lowest BCUT2D eigenvalue weighted by molar-refractivity contribution is -0.0498. The Balaban J connectivity index is 0.000000136. The van der Waals surface area contributed by atoms with E-state index in [-0.39, 0.29) is 76.1 Å². The standard InChI is InChI=1S/C20H14F3N7O.2C20H16FN7O.C20H16FN7/c1-10-26-14-8-11(9-24)2-7-15(14)30(10)20-28-17(25)16(21)18(29-20)27-12-3-5-13(6-4-12)31-19(22)23;1-11-24-15-9-6-13(23-2)10-16(15)28(11)20-26-18(22)17(21)19(27-20)25-12-4-7-14(29-3)8-5-12;1-11-24-15-9-12(10-22)3-8-16(15)28(11)20-26-18(23)17(21)19(27-20)25-13-4-6-14(29-2)7-5-13;1-11-3-6-14(7-4-11)25-19-17(21)18(23)26-20(27-19)28-12(2)24-15-9-13(10-22)5-8-16(15)28/h2-8,19H,1H3,(H3,25,27,28,29);4-10H,1,3H3,(H3,22,25,26,27);3-9H,1-2H3,(H3,23,25,26,27);3-9H,1-2H3,(H3,23,25,26,27). The van der Waals surface area contributed by atoms with Crippen molar-refractivity contribution in [3.8, 4) is 59.2 Å². The van der Waals surface area contributed by atoms with Crippen LogP contribution in [0.1, 0.15) is 45.6 Å². The van der Waals surface area contributed by atoms with Crippen LogP contribution in [0.15, 0.2) is 170 Å². The number of rotatable bonds is 16. The van der Waals surface area contributed by atoms with Crippen LogP contribution in [0.25, 0.3) is 72.8 Å². The Bertz CT molecular complexity index is 6670. The van der Waals surface area contributed by atoms with Gasteiger partial charge in [-0.25, -0.2) is 24.8 Å². The Kier molecular flexibility index (Phi) is 22.4. The number of nitrogens with zero attached hydrogens (tertiary/aromatic N) is 20. The quantitative estimate of drug-likeness (QED) is 0.0329. The zero-order valence-electron chi connectivity index (χ0n) is 62.5. The number of nitrogen functional groups attached to an aromatic ring is 4. The van der Waals surface area contributed by atoms with Crippen molar-refractivity contribution in [2.75, 3.05) is 58.4 Å². The zero-order chi connectivity index (χ0) is 83.0. The molecule has 0 bridgehead atoms. The number of aromatic nitrogens is 16. The summed E-state index contributed by atoms with van der Waals surface area (Å²) in [6.07, 6.45) is 0. The highest BCUT2D eigenvalue weighted by molar-refractivity contribution is 5.84. The smallest absolute Gasteiger partial charge is 0.387 e. The van der Waals surface area contributed by atoms with Crippen LogP contribution < -0.4 is 58.4 Å². The van der Waals surface area contributed by atoms with Gasteiger partial charge in [0.25, 0.3) is 0 Å². The number of anilines is 12. The summed E-state index contributed by atoms with van der Waals surface area (Å²) in [5.74, 6) is -0.539. The van der Waals surface area contributed by atoms with Crippen LogP contribution in [-0.4, -0.2) is 98.9 Å². The highest BCUT2D eigenvalue weighted by Crippen LogP contribution is 2.34. The second-order valence-electron chi connectivity index (χ2n) is 25.2. The number of nitrogens with one attached hydrogen (secondary N) is 4. The molecule has 0 unspecified atom stereocenters. The fraction of sp³-hybridized carbons (Fsp3) is 0.100. The second kappa shape index (κ2) is 33.5. The molecule has 0 fully saturated rings. The van der Waals surface area contributed by atoms with Crippen LogP contribution >= 0.6 is 0 Å². The second-order valence-corrected chi connectivity index (χ2v) is 25.2. The molecular formula is C80H62F6N28O3. The molecule has 0 saturated carbocycles. The number of aryl methyl sites for hydroxylation is 5. The number of imidazole rings is 4. The van der Waals surface area contributed by atoms with Gasteiger partial charge in [-0.1, -0.05) is 23.8 Å². The molecule has 12 N–H and O–H groups in total. The van der Waals surface area contributed by atoms with E-state index in [1.807, 2.05) is 37.3 Å². The zero-order valence-corrected chi connectivity index (χ0v) is 62.5. The van der Waals surface area contributed by atoms with Gasteiger partial charge in [0.2, 0.25) is 47.1 Å². The molecule has 0 radical (unpaired) electrons. The van der Waals surface area contributed by atoms with Crippen molar-refractivity contribution >= 4 is 119 Å². The van der Waals surface area contributed by atoms with Gasteiger partial charge in [-0.3, -0.25) is 18.3 Å². The summed E-state index contributed by atoms with van der Waals surface area (Å²) in [5, 5.41) is 38.8. The molecule has 0 saturated heterocycles. The summed E-state index contributed by atoms with van der Waals surface area (Å²) in [7, 11) is 3.13. The molecule has 0 aliphatic rings. The summed E-state index contributed by atoms with van der Waals surface area (Å²) < 4.78 is 104. The molecular weight excluding hydrogens is 1520 g/mol. The van der Waals surface area contributed by atoms with E-state index < -0.39 is 29.9 Å². The van der Waals surface area contributed by atoms with Gasteiger partial charge in [-0.15, -0.1) is 0 Å². The Morgan fingerprint density at radius 3 is 0.949 bits per heavy atom. The van der Waals surface area contributed by atoms with Gasteiger partial charge in [0.1, 0.15) is 40.5 Å². The number of ether oxygens (including phenoxy) is 3. The summed E-state index contributed by atoms with van der Waals surface area (Å²) in [6.45, 7) is 13.3. The Hall–Kier alpha value is -16.7. The van der Waals surface area contributed by atoms with Crippen LogP contribution in [0.3, 0.4) is 0 Å². The number of alkyl halides is 2. The molecule has 582 valence electrons. The highest BCUT2D eigenvalue weighted by atomic mass is 19.3. The number of nitriles is 3. The number of halogens is 6. The molecule has 31 nitrogen and oxygen atoms in total. The van der Waals surface area contributed by atoms with Crippen LogP contribution in [0.4, 0.5) is 101 Å². The van der Waals surface area contributed by atoms with Crippen molar-refractivity contribution < 1.29 is 40.6 Å². The van der Waals surface area contributed by atoms with E-state index in [1.165, 1.54) is 24.3 Å². The number of hydrogen-bond donors (Lipinski definition) is 8. The highest BCUT2D eigenvalue weighted by Gasteiger charge is 2.24. The average Bonchev–Trinajstić information content (AvgIpc) is 1.64. The third-order valence-corrected chi connectivity index (χ3v) is 17.4. The molecule has 8 aromatic carbocycles. The fourth-order valence-electron chi connectivity index (χ4n) is 11.9. The third-order valence-electron chi connectivity index (χ3n) is 17.4. The van der Waals surface area contributed by atoms with Crippen molar-refractivity contribution in [1.82, 2.24) is 78.1 Å². The maximum absolute atomic E-state index is 14.6. The molecule has 8 aromatic heterocycles. The van der Waals surface area contributed by atoms with Crippen molar-refractivity contribution in [2.24, 2.45) is 0 Å². The minimum absolute atomic E-state index is 0.0266. The van der Waals surface area contributed by atoms with Gasteiger partial charge in [0.15, 0.2) is 52.2 Å². The molecule has 0 atom stereocenters. The lowest BCUT2D eigenvalue weighted by atomic mass is 10.2. The predicted molar refractivity (Wildman–Crippen MR) is 427 cm³/mol. The Labute approximate surface area is 659 Å². The van der Waals surface area contributed by atoms with E-state index in [0.29, 0.717) is 124 Å². The third kappa shape index (κ3) is 17.0. The summed E-state index contributed by atoms with van der Waals surface area (Å²) >= 11 is 0. The Morgan fingerprint density at radius 2 is 0.658 bits per heavy atom. The number of benzene rings is 8. The predicted octanol–water partition coefficient (Wildman–Crippen LogP) is 15.4. The van der Waals surface area contributed by atoms with E-state index in [9.17, 15) is 26.3 Å². The molecule has 117 heavy (non-hydrogen) atoms. The van der Waals surface area contributed by atoms with E-state index in [0.717, 1.165) is 5.56 Å². The first-order valence-corrected chi connectivity index (χ1v) is 34.7. The van der Waals surface area contributed by atoms with Crippen LogP contribution in [0.2, 0.25) is 0 Å². The molecule has 0 amide bonds. The van der Waals surface area contributed by atoms with Gasteiger partial charge < -0.3 is 58.4 Å². The minimum atomic E-state index is -2.95. The van der Waals surface area contributed by atoms with Crippen LogP contribution in [0, 0.1) is 98.5 Å². The largest absolute Gasteiger partial charge is 0.497 e. The molecule has 0 spiro atoms. The topological polar surface area (TPSA) is 430 Å². The molecule has 16 rings (SSSR count). The SMILES string of the molecule is COc1ccc(Nc2nc(-n3c(C)nc4cc(C#N)ccc43)nc(N)c2F)cc1.Cc1ccc(Nc2nc(-n3c(C)nc4cc(C#N)ccc43)nc(N)c2F)cc1.Cc1nc2cc(C#N)ccc2n1-c1nc(N)c(F)c(Nc2ccc(OC(F)F)cc2)n1.[C-]#[N+]c1ccc2nc(C)n(-c3nc(N)c(F)c(Nc4ccc(OC)cc4)n3)c2c1. The lowest BCUT2D eigenvalue weighted by Crippen LogP contribution is -2.10. The van der Waals surface area contributed by atoms with Crippen molar-refractivity contribution in [3.05, 3.63) is 250 Å². The van der Waals surface area contributed by atoms with E-state index in [1.54, 1.807) is 182 Å². The van der Waals surface area contributed by atoms with E-state index in [2.05, 4.69) is 103 Å². The van der Waals surface area contributed by atoms with Crippen molar-refractivity contribution in [1.29, 1.82) is 15.8 Å². The van der Waals surface area contributed by atoms with Crippen LogP contribution in [-0.2, 0) is 0 Å². The van der Waals surface area contributed by atoms with Gasteiger partial charge >= 0.3 is 6.61 Å². The first-order chi connectivity index (χ1) is 56.3. The van der Waals surface area contributed by atoms with Gasteiger partial charge in [-0.05, 0) is 186 Å². The van der Waals surface area contributed by atoms with Gasteiger partial charge in [0.05, 0.1) is 99.8 Å². The van der Waals surface area contributed by atoms with Crippen molar-refractivity contribution in [3.63, 3.8) is 0 Å². The van der Waals surface area contributed by atoms with Gasteiger partial charge in [-0.2, -0.15) is 82.0 Å². The number of hydrogen-bond acceptors (Lipinski definition) is 26.